The van der Waals surface area contributed by atoms with Crippen molar-refractivity contribution in [3.05, 3.63) is 48.5 Å². The summed E-state index contributed by atoms with van der Waals surface area (Å²) < 4.78 is 0.853. The van der Waals surface area contributed by atoms with E-state index in [0.717, 1.165) is 34.4 Å². The molecular weight excluding hydrogens is 554 g/mol. The van der Waals surface area contributed by atoms with Crippen LogP contribution in [0.2, 0.25) is 0 Å². The van der Waals surface area contributed by atoms with Gasteiger partial charge in [0.25, 0.3) is 0 Å². The predicted octanol–water partition coefficient (Wildman–Crippen LogP) is 5.63. The number of aliphatic hydroxyl groups is 1. The number of fused-ring (bicyclic) bond motifs is 1. The minimum Gasteiger partial charge on any atom is -0.481 e. The average molecular weight is 590 g/mol. The molecule has 0 aliphatic heterocycles. The third-order valence-electron chi connectivity index (χ3n) is 7.63. The van der Waals surface area contributed by atoms with Gasteiger partial charge in [0.05, 0.1) is 45.1 Å². The van der Waals surface area contributed by atoms with Gasteiger partial charge in [-0.2, -0.15) is 0 Å². The minimum absolute atomic E-state index is 0.167. The number of nitrogens with one attached hydrogen (secondary N) is 3. The molecule has 1 fully saturated rings. The first-order valence-corrected chi connectivity index (χ1v) is 14.8. The quantitative estimate of drug-likeness (QED) is 0.175. The SMILES string of the molecule is CCNC(=O)Nc1nc2cc(-c3cnc(C(C)(C)O)cn3)cc(-c3cc(NC4CCC(C)(C(=O)O)CC4)ccn3)c2s1. The molecule has 0 unspecified atom stereocenters. The van der Waals surface area contributed by atoms with Crippen molar-refractivity contribution in [1.82, 2.24) is 25.3 Å². The monoisotopic (exact) mass is 589 g/mol. The first-order chi connectivity index (χ1) is 19.9. The first-order valence-electron chi connectivity index (χ1n) is 14.0. The number of amides is 2. The number of aliphatic carboxylic acids is 1. The first kappa shape index (κ1) is 29.3. The molecule has 1 aliphatic rings. The highest BCUT2D eigenvalue weighted by molar-refractivity contribution is 7.22. The number of aromatic nitrogens is 4. The van der Waals surface area contributed by atoms with Crippen molar-refractivity contribution in [2.45, 2.75) is 65.0 Å². The summed E-state index contributed by atoms with van der Waals surface area (Å²) in [6, 6.07) is 7.60. The summed E-state index contributed by atoms with van der Waals surface area (Å²) in [7, 11) is 0. The number of hydrogen-bond acceptors (Lipinski definition) is 9. The molecule has 220 valence electrons. The van der Waals surface area contributed by atoms with Crippen LogP contribution in [0.5, 0.6) is 0 Å². The molecule has 5 N–H and O–H groups in total. The molecule has 0 saturated heterocycles. The zero-order valence-electron chi connectivity index (χ0n) is 24.1. The smallest absolute Gasteiger partial charge is 0.321 e. The number of carboxylic acids is 1. The number of hydrogen-bond donors (Lipinski definition) is 5. The Morgan fingerprint density at radius 1 is 1.10 bits per heavy atom. The molecule has 3 heterocycles. The molecule has 12 heteroatoms. The van der Waals surface area contributed by atoms with E-state index in [-0.39, 0.29) is 12.1 Å². The van der Waals surface area contributed by atoms with Crippen LogP contribution >= 0.6 is 11.3 Å². The maximum absolute atomic E-state index is 12.2. The van der Waals surface area contributed by atoms with Gasteiger partial charge in [-0.1, -0.05) is 11.3 Å². The lowest BCUT2D eigenvalue weighted by molar-refractivity contribution is -0.149. The highest BCUT2D eigenvalue weighted by Gasteiger charge is 2.37. The van der Waals surface area contributed by atoms with E-state index in [2.05, 4.69) is 35.9 Å². The highest BCUT2D eigenvalue weighted by Crippen LogP contribution is 2.40. The molecule has 1 aromatic carbocycles. The zero-order valence-corrected chi connectivity index (χ0v) is 24.9. The van der Waals surface area contributed by atoms with Crippen molar-refractivity contribution in [3.63, 3.8) is 0 Å². The van der Waals surface area contributed by atoms with Crippen molar-refractivity contribution >= 4 is 44.4 Å². The number of carbonyl (C=O) groups excluding carboxylic acids is 1. The van der Waals surface area contributed by atoms with E-state index in [1.807, 2.05) is 38.1 Å². The van der Waals surface area contributed by atoms with Crippen molar-refractivity contribution < 1.29 is 19.8 Å². The Kier molecular flexibility index (Phi) is 8.11. The van der Waals surface area contributed by atoms with Crippen LogP contribution in [0, 0.1) is 5.41 Å². The Morgan fingerprint density at radius 3 is 2.50 bits per heavy atom. The summed E-state index contributed by atoms with van der Waals surface area (Å²) in [6.45, 7) is 7.47. The van der Waals surface area contributed by atoms with Crippen LogP contribution in [0.4, 0.5) is 15.6 Å². The molecule has 2 amide bonds. The molecule has 1 aliphatic carbocycles. The molecular formula is C30H35N7O4S. The lowest BCUT2D eigenvalue weighted by atomic mass is 9.74. The zero-order chi connectivity index (χ0) is 30.1. The van der Waals surface area contributed by atoms with E-state index < -0.39 is 17.0 Å². The number of anilines is 2. The Morgan fingerprint density at radius 2 is 1.86 bits per heavy atom. The number of urea groups is 1. The van der Waals surface area contributed by atoms with E-state index in [4.69, 9.17) is 0 Å². The number of rotatable bonds is 8. The highest BCUT2D eigenvalue weighted by atomic mass is 32.1. The van der Waals surface area contributed by atoms with Crippen LogP contribution in [-0.4, -0.2) is 54.7 Å². The van der Waals surface area contributed by atoms with Crippen LogP contribution in [0.15, 0.2) is 42.9 Å². The molecule has 0 spiro atoms. The van der Waals surface area contributed by atoms with Gasteiger partial charge in [0, 0.05) is 35.6 Å². The van der Waals surface area contributed by atoms with Gasteiger partial charge < -0.3 is 20.8 Å². The Hall–Kier alpha value is -4.16. The number of thiazole rings is 1. The topological polar surface area (TPSA) is 162 Å². The Bertz CT molecular complexity index is 1610. The Labute approximate surface area is 247 Å². The number of carbonyl (C=O) groups is 2. The van der Waals surface area contributed by atoms with Crippen molar-refractivity contribution in [2.24, 2.45) is 5.41 Å². The van der Waals surface area contributed by atoms with Gasteiger partial charge in [-0.05, 0) is 77.6 Å². The minimum atomic E-state index is -1.11. The van der Waals surface area contributed by atoms with Gasteiger partial charge in [0.1, 0.15) is 5.60 Å². The number of carboxylic acid groups (broad SMARTS) is 1. The predicted molar refractivity (Wildman–Crippen MR) is 163 cm³/mol. The van der Waals surface area contributed by atoms with Crippen LogP contribution < -0.4 is 16.0 Å². The van der Waals surface area contributed by atoms with E-state index in [1.165, 1.54) is 11.3 Å². The molecule has 4 aromatic rings. The number of nitrogens with zero attached hydrogens (tertiary/aromatic N) is 4. The summed E-state index contributed by atoms with van der Waals surface area (Å²) >= 11 is 1.36. The largest absolute Gasteiger partial charge is 0.481 e. The van der Waals surface area contributed by atoms with Crippen molar-refractivity contribution in [3.8, 4) is 22.5 Å². The maximum atomic E-state index is 12.2. The van der Waals surface area contributed by atoms with Crippen LogP contribution in [0.3, 0.4) is 0 Å². The van der Waals surface area contributed by atoms with Gasteiger partial charge in [0.2, 0.25) is 0 Å². The molecule has 42 heavy (non-hydrogen) atoms. The maximum Gasteiger partial charge on any atom is 0.321 e. The fraction of sp³-hybridized carbons (Fsp3) is 0.400. The second kappa shape index (κ2) is 11.6. The average Bonchev–Trinajstić information content (AvgIpc) is 3.36. The van der Waals surface area contributed by atoms with Crippen LogP contribution in [0.1, 0.15) is 59.1 Å². The van der Waals surface area contributed by atoms with Crippen LogP contribution in [-0.2, 0) is 10.4 Å². The summed E-state index contributed by atoms with van der Waals surface area (Å²) in [4.78, 5) is 42.2. The van der Waals surface area contributed by atoms with E-state index in [0.29, 0.717) is 47.1 Å². The number of benzene rings is 1. The summed E-state index contributed by atoms with van der Waals surface area (Å²) in [5.74, 6) is -0.735. The molecule has 11 nitrogen and oxygen atoms in total. The molecule has 5 rings (SSSR count). The van der Waals surface area contributed by atoms with E-state index in [1.54, 1.807) is 32.4 Å². The third kappa shape index (κ3) is 6.34. The lowest BCUT2D eigenvalue weighted by Crippen LogP contribution is -2.36. The second-order valence-electron chi connectivity index (χ2n) is 11.4. The van der Waals surface area contributed by atoms with Crippen molar-refractivity contribution in [1.29, 1.82) is 0 Å². The molecule has 0 bridgehead atoms. The van der Waals surface area contributed by atoms with Gasteiger partial charge in [0.15, 0.2) is 5.13 Å². The fourth-order valence-corrected chi connectivity index (χ4v) is 6.00. The third-order valence-corrected chi connectivity index (χ3v) is 8.65. The number of pyridine rings is 1. The van der Waals surface area contributed by atoms with Gasteiger partial charge in [-0.3, -0.25) is 25.1 Å². The second-order valence-corrected chi connectivity index (χ2v) is 12.4. The lowest BCUT2D eigenvalue weighted by Gasteiger charge is -2.34. The van der Waals surface area contributed by atoms with Crippen molar-refractivity contribution in [2.75, 3.05) is 17.2 Å². The van der Waals surface area contributed by atoms with Gasteiger partial charge >= 0.3 is 12.0 Å². The van der Waals surface area contributed by atoms with Gasteiger partial charge in [-0.15, -0.1) is 0 Å². The summed E-state index contributed by atoms with van der Waals surface area (Å²) in [6.07, 6.45) is 7.70. The molecule has 3 aromatic heterocycles. The molecule has 0 radical (unpaired) electrons. The standard InChI is InChI=1S/C30H35N7O4S/c1-5-31-27(40)37-28-36-22-13-17(23-15-34-24(16-33-23)29(2,3)41)12-20(25(22)42-28)21-14-19(8-11-32-21)35-18-6-9-30(4,10-7-18)26(38)39/h8,11-16,18,41H,5-7,9-10H2,1-4H3,(H,32,35)(H,38,39)(H2,31,36,37,40). The van der Waals surface area contributed by atoms with E-state index >= 15 is 0 Å². The fourth-order valence-electron chi connectivity index (χ4n) is 5.04. The summed E-state index contributed by atoms with van der Waals surface area (Å²) in [5, 5.41) is 29.4. The molecule has 0 atom stereocenters. The van der Waals surface area contributed by atoms with Gasteiger partial charge in [-0.25, -0.2) is 9.78 Å². The van der Waals surface area contributed by atoms with Crippen LogP contribution in [0.25, 0.3) is 32.7 Å². The summed E-state index contributed by atoms with van der Waals surface area (Å²) in [5.41, 5.74) is 3.15. The molecule has 1 saturated carbocycles. The van der Waals surface area contributed by atoms with E-state index in [9.17, 15) is 19.8 Å². The Balaban J connectivity index is 1.50. The normalized spacial score (nSPS) is 18.9.